The molecule has 50 valence electrons. The van der Waals surface area contributed by atoms with E-state index in [1.807, 2.05) is 11.6 Å². The molecule has 0 aromatic rings. The van der Waals surface area contributed by atoms with Crippen LogP contribution in [-0.4, -0.2) is 23.1 Å². The minimum absolute atomic E-state index is 0.131. The van der Waals surface area contributed by atoms with Crippen LogP contribution in [0.5, 0.6) is 0 Å². The maximum absolute atomic E-state index is 10.7. The maximum atomic E-state index is 10.7. The lowest BCUT2D eigenvalue weighted by atomic mass is 10.5. The predicted octanol–water partition coefficient (Wildman–Crippen LogP) is 1.05. The molecule has 0 atom stereocenters. The van der Waals surface area contributed by atoms with Gasteiger partial charge in [-0.25, -0.2) is 0 Å². The molecule has 0 N–H and O–H groups in total. The molecule has 0 saturated carbocycles. The monoisotopic (exact) mass is 143 g/mol. The zero-order chi connectivity index (χ0) is 6.69. The summed E-state index contributed by atoms with van der Waals surface area (Å²) in [6, 6.07) is 0. The second-order valence-corrected chi connectivity index (χ2v) is 2.88. The van der Waals surface area contributed by atoms with Crippen LogP contribution in [0.15, 0.2) is 11.6 Å². The number of hydrogen-bond acceptors (Lipinski definition) is 2. The molecule has 0 unspecified atom stereocenters. The minimum Gasteiger partial charge on any atom is -0.318 e. The van der Waals surface area contributed by atoms with Gasteiger partial charge in [-0.1, -0.05) is 0 Å². The van der Waals surface area contributed by atoms with E-state index in [4.69, 9.17) is 0 Å². The van der Waals surface area contributed by atoms with Crippen LogP contribution in [-0.2, 0) is 4.79 Å². The normalized spacial score (nSPS) is 18.1. The Hall–Kier alpha value is -0.440. The molecule has 1 aliphatic rings. The first-order valence-electron chi connectivity index (χ1n) is 2.86. The van der Waals surface area contributed by atoms with E-state index in [1.165, 1.54) is 0 Å². The first-order chi connectivity index (χ1) is 4.30. The molecule has 1 amide bonds. The second kappa shape index (κ2) is 2.92. The molecule has 0 bridgehead atoms. The lowest BCUT2D eigenvalue weighted by Gasteiger charge is -2.18. The van der Waals surface area contributed by atoms with E-state index in [2.05, 4.69) is 0 Å². The molecule has 9 heavy (non-hydrogen) atoms. The summed E-state index contributed by atoms with van der Waals surface area (Å²) in [4.78, 5) is 12.4. The SMILES string of the molecule is CC(=O)N1C=CSCC1. The Balaban J connectivity index is 2.50. The van der Waals surface area contributed by atoms with Gasteiger partial charge in [-0.15, -0.1) is 11.8 Å². The van der Waals surface area contributed by atoms with Crippen molar-refractivity contribution in [2.45, 2.75) is 6.92 Å². The summed E-state index contributed by atoms with van der Waals surface area (Å²) >= 11 is 1.74. The predicted molar refractivity (Wildman–Crippen MR) is 39.0 cm³/mol. The minimum atomic E-state index is 0.131. The van der Waals surface area contributed by atoms with Crippen molar-refractivity contribution in [3.8, 4) is 0 Å². The van der Waals surface area contributed by atoms with Gasteiger partial charge in [-0.3, -0.25) is 4.79 Å². The van der Waals surface area contributed by atoms with Crippen LogP contribution in [0.1, 0.15) is 6.92 Å². The highest BCUT2D eigenvalue weighted by Gasteiger charge is 2.06. The molecule has 0 fully saturated rings. The Morgan fingerprint density at radius 3 is 2.89 bits per heavy atom. The second-order valence-electron chi connectivity index (χ2n) is 1.87. The fourth-order valence-corrected chi connectivity index (χ4v) is 1.34. The molecule has 0 aromatic carbocycles. The summed E-state index contributed by atoms with van der Waals surface area (Å²) in [5, 5.41) is 1.95. The lowest BCUT2D eigenvalue weighted by molar-refractivity contribution is -0.126. The summed E-state index contributed by atoms with van der Waals surface area (Å²) in [5.41, 5.74) is 0. The summed E-state index contributed by atoms with van der Waals surface area (Å²) in [6.07, 6.45) is 1.83. The van der Waals surface area contributed by atoms with Crippen molar-refractivity contribution >= 4 is 17.7 Å². The Bertz CT molecular complexity index is 144. The number of rotatable bonds is 0. The number of carbonyl (C=O) groups is 1. The molecule has 0 saturated heterocycles. The maximum Gasteiger partial charge on any atom is 0.223 e. The van der Waals surface area contributed by atoms with E-state index < -0.39 is 0 Å². The third-order valence-electron chi connectivity index (χ3n) is 1.19. The summed E-state index contributed by atoms with van der Waals surface area (Å²) in [6.45, 7) is 2.44. The topological polar surface area (TPSA) is 20.3 Å². The molecule has 0 radical (unpaired) electrons. The van der Waals surface area contributed by atoms with Gasteiger partial charge in [0.25, 0.3) is 0 Å². The van der Waals surface area contributed by atoms with Gasteiger partial charge in [0.1, 0.15) is 0 Å². The Kier molecular flexibility index (Phi) is 2.16. The average Bonchev–Trinajstić information content (AvgIpc) is 1.90. The van der Waals surface area contributed by atoms with Crippen molar-refractivity contribution in [1.29, 1.82) is 0 Å². The molecular weight excluding hydrogens is 134 g/mol. The van der Waals surface area contributed by atoms with Crippen molar-refractivity contribution < 1.29 is 4.79 Å². The van der Waals surface area contributed by atoms with Crippen molar-refractivity contribution in [2.24, 2.45) is 0 Å². The molecule has 1 heterocycles. The Morgan fingerprint density at radius 1 is 1.78 bits per heavy atom. The van der Waals surface area contributed by atoms with Gasteiger partial charge in [0, 0.05) is 25.4 Å². The first-order valence-corrected chi connectivity index (χ1v) is 3.91. The highest BCUT2D eigenvalue weighted by molar-refractivity contribution is 8.02. The van der Waals surface area contributed by atoms with E-state index >= 15 is 0 Å². The smallest absolute Gasteiger partial charge is 0.223 e. The van der Waals surface area contributed by atoms with Crippen LogP contribution >= 0.6 is 11.8 Å². The van der Waals surface area contributed by atoms with Gasteiger partial charge in [-0.05, 0) is 5.41 Å². The van der Waals surface area contributed by atoms with Gasteiger partial charge in [0.15, 0.2) is 0 Å². The third-order valence-corrected chi connectivity index (χ3v) is 1.92. The lowest BCUT2D eigenvalue weighted by Crippen LogP contribution is -2.26. The van der Waals surface area contributed by atoms with E-state index in [-0.39, 0.29) is 5.91 Å². The van der Waals surface area contributed by atoms with Crippen molar-refractivity contribution in [3.63, 3.8) is 0 Å². The number of thioether (sulfide) groups is 1. The van der Waals surface area contributed by atoms with Crippen molar-refractivity contribution in [2.75, 3.05) is 12.3 Å². The number of nitrogens with zero attached hydrogens (tertiary/aromatic N) is 1. The van der Waals surface area contributed by atoms with Gasteiger partial charge < -0.3 is 4.90 Å². The molecule has 2 nitrogen and oxygen atoms in total. The highest BCUT2D eigenvalue weighted by atomic mass is 32.2. The largest absolute Gasteiger partial charge is 0.318 e. The number of amides is 1. The standard InChI is InChI=1S/C6H9NOS/c1-6(8)7-2-4-9-5-3-7/h2,4H,3,5H2,1H3. The van der Waals surface area contributed by atoms with Crippen LogP contribution in [0.25, 0.3) is 0 Å². The van der Waals surface area contributed by atoms with E-state index in [0.29, 0.717) is 0 Å². The van der Waals surface area contributed by atoms with Gasteiger partial charge in [0.2, 0.25) is 5.91 Å². The Morgan fingerprint density at radius 2 is 2.56 bits per heavy atom. The molecule has 3 heteroatoms. The molecule has 0 aliphatic carbocycles. The number of carbonyl (C=O) groups excluding carboxylic acids is 1. The van der Waals surface area contributed by atoms with Gasteiger partial charge >= 0.3 is 0 Å². The number of hydrogen-bond donors (Lipinski definition) is 0. The van der Waals surface area contributed by atoms with Crippen molar-refractivity contribution in [3.05, 3.63) is 11.6 Å². The zero-order valence-electron chi connectivity index (χ0n) is 5.33. The van der Waals surface area contributed by atoms with Crippen molar-refractivity contribution in [1.82, 2.24) is 4.90 Å². The first kappa shape index (κ1) is 6.68. The summed E-state index contributed by atoms with van der Waals surface area (Å²) in [7, 11) is 0. The van der Waals surface area contributed by atoms with Crippen LogP contribution in [0.3, 0.4) is 0 Å². The van der Waals surface area contributed by atoms with Gasteiger partial charge in [-0.2, -0.15) is 0 Å². The van der Waals surface area contributed by atoms with Gasteiger partial charge in [0.05, 0.1) is 0 Å². The molecule has 1 aliphatic heterocycles. The third kappa shape index (κ3) is 1.75. The molecule has 0 spiro atoms. The summed E-state index contributed by atoms with van der Waals surface area (Å²) in [5.74, 6) is 1.15. The zero-order valence-corrected chi connectivity index (χ0v) is 6.15. The molecule has 0 aromatic heterocycles. The highest BCUT2D eigenvalue weighted by Crippen LogP contribution is 2.10. The van der Waals surface area contributed by atoms with E-state index in [1.54, 1.807) is 23.6 Å². The average molecular weight is 143 g/mol. The summed E-state index contributed by atoms with van der Waals surface area (Å²) < 4.78 is 0. The molecule has 1 rings (SSSR count). The Labute approximate surface area is 58.9 Å². The van der Waals surface area contributed by atoms with Crippen LogP contribution in [0, 0.1) is 0 Å². The van der Waals surface area contributed by atoms with Crippen LogP contribution in [0.2, 0.25) is 0 Å². The molecular formula is C6H9NOS. The fourth-order valence-electron chi connectivity index (χ4n) is 0.673. The van der Waals surface area contributed by atoms with Crippen LogP contribution in [0.4, 0.5) is 0 Å². The van der Waals surface area contributed by atoms with E-state index in [0.717, 1.165) is 12.3 Å². The fraction of sp³-hybridized carbons (Fsp3) is 0.500. The quantitative estimate of drug-likeness (QED) is 0.505. The van der Waals surface area contributed by atoms with Crippen LogP contribution < -0.4 is 0 Å². The van der Waals surface area contributed by atoms with E-state index in [9.17, 15) is 4.79 Å².